The van der Waals surface area contributed by atoms with Crippen LogP contribution in [0.4, 0.5) is 11.4 Å². The summed E-state index contributed by atoms with van der Waals surface area (Å²) in [6.45, 7) is 3.73. The highest BCUT2D eigenvalue weighted by Crippen LogP contribution is 2.32. The number of hydrogen-bond acceptors (Lipinski definition) is 4. The minimum atomic E-state index is -0.491. The van der Waals surface area contributed by atoms with E-state index < -0.39 is 4.92 Å². The zero-order chi connectivity index (χ0) is 14.0. The van der Waals surface area contributed by atoms with Crippen molar-refractivity contribution in [3.05, 3.63) is 57.0 Å². The van der Waals surface area contributed by atoms with Gasteiger partial charge in [0.15, 0.2) is 0 Å². The molecule has 1 aromatic heterocycles. The van der Waals surface area contributed by atoms with Gasteiger partial charge in [0, 0.05) is 11.8 Å². The third-order valence-corrected chi connectivity index (χ3v) is 3.14. The van der Waals surface area contributed by atoms with Gasteiger partial charge in [-0.15, -0.1) is 0 Å². The smallest absolute Gasteiger partial charge is 0.288 e. The van der Waals surface area contributed by atoms with Gasteiger partial charge in [-0.2, -0.15) is 0 Å². The molecular formula is C13H13ClN2O3. The number of nitro groups is 1. The summed E-state index contributed by atoms with van der Waals surface area (Å²) >= 11 is 5.90. The van der Waals surface area contributed by atoms with E-state index in [1.54, 1.807) is 19.3 Å². The summed E-state index contributed by atoms with van der Waals surface area (Å²) < 4.78 is 5.30. The van der Waals surface area contributed by atoms with Gasteiger partial charge in [0.1, 0.15) is 10.8 Å². The lowest BCUT2D eigenvalue weighted by Gasteiger charge is -2.15. The summed E-state index contributed by atoms with van der Waals surface area (Å²) in [6, 6.07) is 6.64. The van der Waals surface area contributed by atoms with E-state index in [1.807, 2.05) is 19.1 Å². The minimum Gasteiger partial charge on any atom is -0.467 e. The first kappa shape index (κ1) is 13.4. The molecule has 0 bridgehead atoms. The Morgan fingerprint density at radius 1 is 1.47 bits per heavy atom. The first-order valence-electron chi connectivity index (χ1n) is 5.73. The Labute approximate surface area is 115 Å². The van der Waals surface area contributed by atoms with Gasteiger partial charge in [-0.3, -0.25) is 10.1 Å². The SMILES string of the molecule is Cc1cc([N+](=O)[O-])c(Cl)cc1NC(C)c1ccco1. The van der Waals surface area contributed by atoms with Crippen LogP contribution in [0.25, 0.3) is 0 Å². The van der Waals surface area contributed by atoms with Crippen molar-refractivity contribution in [1.82, 2.24) is 0 Å². The molecule has 0 spiro atoms. The van der Waals surface area contributed by atoms with Crippen LogP contribution in [0.15, 0.2) is 34.9 Å². The Morgan fingerprint density at radius 3 is 2.79 bits per heavy atom. The minimum absolute atomic E-state index is 0.0498. The number of nitro benzene ring substituents is 1. The van der Waals surface area contributed by atoms with Gasteiger partial charge in [-0.1, -0.05) is 11.6 Å². The number of nitrogens with zero attached hydrogens (tertiary/aromatic N) is 1. The van der Waals surface area contributed by atoms with Crippen molar-refractivity contribution in [3.8, 4) is 0 Å². The zero-order valence-electron chi connectivity index (χ0n) is 10.5. The van der Waals surface area contributed by atoms with Crippen LogP contribution < -0.4 is 5.32 Å². The fraction of sp³-hybridized carbons (Fsp3) is 0.231. The van der Waals surface area contributed by atoms with Gasteiger partial charge in [-0.05, 0) is 37.6 Å². The predicted octanol–water partition coefficient (Wildman–Crippen LogP) is 4.32. The van der Waals surface area contributed by atoms with Crippen molar-refractivity contribution in [2.45, 2.75) is 19.9 Å². The van der Waals surface area contributed by atoms with E-state index in [9.17, 15) is 10.1 Å². The monoisotopic (exact) mass is 280 g/mol. The highest BCUT2D eigenvalue weighted by atomic mass is 35.5. The maximum Gasteiger partial charge on any atom is 0.288 e. The van der Waals surface area contributed by atoms with Crippen LogP contribution in [0.3, 0.4) is 0 Å². The fourth-order valence-electron chi connectivity index (χ4n) is 1.80. The molecule has 0 fully saturated rings. The molecular weight excluding hydrogens is 268 g/mol. The van der Waals surface area contributed by atoms with Crippen LogP contribution in [0.2, 0.25) is 5.02 Å². The molecule has 1 heterocycles. The van der Waals surface area contributed by atoms with E-state index in [0.29, 0.717) is 0 Å². The third kappa shape index (κ3) is 2.88. The molecule has 0 aliphatic heterocycles. The van der Waals surface area contributed by atoms with Crippen molar-refractivity contribution < 1.29 is 9.34 Å². The molecule has 0 aliphatic rings. The number of furan rings is 1. The number of rotatable bonds is 4. The van der Waals surface area contributed by atoms with E-state index in [0.717, 1.165) is 17.0 Å². The molecule has 2 aromatic rings. The molecule has 19 heavy (non-hydrogen) atoms. The van der Waals surface area contributed by atoms with Gasteiger partial charge in [0.2, 0.25) is 0 Å². The number of nitrogens with one attached hydrogen (secondary N) is 1. The Morgan fingerprint density at radius 2 is 2.21 bits per heavy atom. The fourth-order valence-corrected chi connectivity index (χ4v) is 2.04. The number of aryl methyl sites for hydroxylation is 1. The molecule has 1 aromatic carbocycles. The lowest BCUT2D eigenvalue weighted by molar-refractivity contribution is -0.384. The Hall–Kier alpha value is -2.01. The van der Waals surface area contributed by atoms with E-state index in [1.165, 1.54) is 6.07 Å². The highest BCUT2D eigenvalue weighted by Gasteiger charge is 2.16. The average Bonchev–Trinajstić information content (AvgIpc) is 2.86. The molecule has 100 valence electrons. The zero-order valence-corrected chi connectivity index (χ0v) is 11.3. The van der Waals surface area contributed by atoms with Crippen LogP contribution >= 0.6 is 11.6 Å². The van der Waals surface area contributed by atoms with Crippen LogP contribution in [-0.4, -0.2) is 4.92 Å². The molecule has 0 saturated carbocycles. The topological polar surface area (TPSA) is 68.3 Å². The maximum absolute atomic E-state index is 10.8. The Kier molecular flexibility index (Phi) is 3.76. The molecule has 2 rings (SSSR count). The second-order valence-electron chi connectivity index (χ2n) is 4.26. The molecule has 5 nitrogen and oxygen atoms in total. The normalized spacial score (nSPS) is 12.2. The average molecular weight is 281 g/mol. The first-order valence-corrected chi connectivity index (χ1v) is 6.11. The third-order valence-electron chi connectivity index (χ3n) is 2.83. The number of halogens is 1. The van der Waals surface area contributed by atoms with Crippen molar-refractivity contribution in [3.63, 3.8) is 0 Å². The standard InChI is InChI=1S/C13H13ClN2O3/c1-8-6-12(16(17)18)10(14)7-11(8)15-9(2)13-4-3-5-19-13/h3-7,9,15H,1-2H3. The summed E-state index contributed by atoms with van der Waals surface area (Å²) in [5, 5.41) is 14.1. The Bertz CT molecular complexity index is 596. The van der Waals surface area contributed by atoms with Crippen LogP contribution in [0.5, 0.6) is 0 Å². The molecule has 1 N–H and O–H groups in total. The summed E-state index contributed by atoms with van der Waals surface area (Å²) in [5.41, 5.74) is 1.42. The summed E-state index contributed by atoms with van der Waals surface area (Å²) in [4.78, 5) is 10.3. The van der Waals surface area contributed by atoms with Gasteiger partial charge in [0.05, 0.1) is 17.2 Å². The Balaban J connectivity index is 2.26. The lowest BCUT2D eigenvalue weighted by Crippen LogP contribution is -2.07. The molecule has 0 amide bonds. The lowest BCUT2D eigenvalue weighted by atomic mass is 10.1. The number of anilines is 1. The quantitative estimate of drug-likeness (QED) is 0.669. The van der Waals surface area contributed by atoms with Gasteiger partial charge < -0.3 is 9.73 Å². The van der Waals surface area contributed by atoms with Gasteiger partial charge in [0.25, 0.3) is 5.69 Å². The van der Waals surface area contributed by atoms with Crippen molar-refractivity contribution in [2.24, 2.45) is 0 Å². The molecule has 0 radical (unpaired) electrons. The van der Waals surface area contributed by atoms with Crippen LogP contribution in [0, 0.1) is 17.0 Å². The molecule has 1 unspecified atom stereocenters. The van der Waals surface area contributed by atoms with E-state index in [-0.39, 0.29) is 16.8 Å². The second kappa shape index (κ2) is 5.32. The largest absolute Gasteiger partial charge is 0.467 e. The molecule has 1 atom stereocenters. The summed E-state index contributed by atoms with van der Waals surface area (Å²) in [5.74, 6) is 0.786. The summed E-state index contributed by atoms with van der Waals surface area (Å²) in [6.07, 6.45) is 1.60. The predicted molar refractivity (Wildman–Crippen MR) is 73.6 cm³/mol. The molecule has 6 heteroatoms. The van der Waals surface area contributed by atoms with Crippen molar-refractivity contribution in [2.75, 3.05) is 5.32 Å². The van der Waals surface area contributed by atoms with E-state index >= 15 is 0 Å². The van der Waals surface area contributed by atoms with Crippen molar-refractivity contribution in [1.29, 1.82) is 0 Å². The second-order valence-corrected chi connectivity index (χ2v) is 4.66. The maximum atomic E-state index is 10.8. The number of hydrogen-bond donors (Lipinski definition) is 1. The van der Waals surface area contributed by atoms with Crippen LogP contribution in [-0.2, 0) is 0 Å². The van der Waals surface area contributed by atoms with Crippen LogP contribution in [0.1, 0.15) is 24.3 Å². The van der Waals surface area contributed by atoms with Gasteiger partial charge >= 0.3 is 0 Å². The summed E-state index contributed by atoms with van der Waals surface area (Å²) in [7, 11) is 0. The van der Waals surface area contributed by atoms with E-state index in [2.05, 4.69) is 5.32 Å². The highest BCUT2D eigenvalue weighted by molar-refractivity contribution is 6.33. The number of benzene rings is 1. The van der Waals surface area contributed by atoms with Crippen molar-refractivity contribution >= 4 is 23.0 Å². The molecule has 0 saturated heterocycles. The first-order chi connectivity index (χ1) is 8.99. The molecule has 0 aliphatic carbocycles. The van der Waals surface area contributed by atoms with Gasteiger partial charge in [-0.25, -0.2) is 0 Å². The van der Waals surface area contributed by atoms with E-state index in [4.69, 9.17) is 16.0 Å².